The number of aliphatic hydroxyl groups excluding tert-OH is 1. The Morgan fingerprint density at radius 2 is 1.53 bits per heavy atom. The van der Waals surface area contributed by atoms with E-state index in [0.717, 1.165) is 0 Å². The van der Waals surface area contributed by atoms with Crippen molar-refractivity contribution in [2.45, 2.75) is 24.9 Å². The molecule has 0 spiro atoms. The van der Waals surface area contributed by atoms with Crippen molar-refractivity contribution >= 4 is 17.9 Å². The molecule has 0 aliphatic rings. The molecular weight excluding hydrogens is 236 g/mol. The van der Waals surface area contributed by atoms with E-state index in [1.54, 1.807) is 0 Å². The van der Waals surface area contributed by atoms with Crippen molar-refractivity contribution in [3.8, 4) is 0 Å². The number of nitrogens with two attached hydrogens (primary N) is 2. The SMILES string of the molecule is NC(CO)C(=O)OOC(=O)[C@H](N)CCC(=O)O. The van der Waals surface area contributed by atoms with Crippen LogP contribution >= 0.6 is 0 Å². The quantitative estimate of drug-likeness (QED) is 0.294. The van der Waals surface area contributed by atoms with E-state index in [0.29, 0.717) is 0 Å². The number of hydrogen-bond acceptors (Lipinski definition) is 8. The zero-order chi connectivity index (χ0) is 13.4. The van der Waals surface area contributed by atoms with Gasteiger partial charge in [-0.05, 0) is 6.42 Å². The van der Waals surface area contributed by atoms with Crippen molar-refractivity contribution in [3.05, 3.63) is 0 Å². The van der Waals surface area contributed by atoms with Crippen LogP contribution in [0.1, 0.15) is 12.8 Å². The third kappa shape index (κ3) is 6.45. The largest absolute Gasteiger partial charge is 0.481 e. The molecule has 0 aliphatic heterocycles. The number of hydrogen-bond donors (Lipinski definition) is 4. The molecule has 9 nitrogen and oxygen atoms in total. The lowest BCUT2D eigenvalue weighted by atomic mass is 10.2. The van der Waals surface area contributed by atoms with E-state index in [1.165, 1.54) is 0 Å². The predicted molar refractivity (Wildman–Crippen MR) is 52.1 cm³/mol. The van der Waals surface area contributed by atoms with Crippen LogP contribution in [0.3, 0.4) is 0 Å². The maximum absolute atomic E-state index is 11.1. The summed E-state index contributed by atoms with van der Waals surface area (Å²) in [6.07, 6.45) is -0.474. The lowest BCUT2D eigenvalue weighted by Gasteiger charge is -2.10. The van der Waals surface area contributed by atoms with Gasteiger partial charge in [0, 0.05) is 6.42 Å². The van der Waals surface area contributed by atoms with Gasteiger partial charge in [0.2, 0.25) is 0 Å². The summed E-state index contributed by atoms with van der Waals surface area (Å²) in [5.41, 5.74) is 10.3. The maximum Gasteiger partial charge on any atom is 0.374 e. The number of aliphatic carboxylic acids is 1. The monoisotopic (exact) mass is 250 g/mol. The van der Waals surface area contributed by atoms with Gasteiger partial charge in [-0.15, -0.1) is 0 Å². The molecule has 0 saturated carbocycles. The molecule has 0 saturated heterocycles. The molecule has 6 N–H and O–H groups in total. The zero-order valence-corrected chi connectivity index (χ0v) is 8.87. The maximum atomic E-state index is 11.1. The molecule has 0 heterocycles. The average molecular weight is 250 g/mol. The molecular formula is C8H14N2O7. The summed E-state index contributed by atoms with van der Waals surface area (Å²) in [4.78, 5) is 40.1. The van der Waals surface area contributed by atoms with E-state index in [1.807, 2.05) is 0 Å². The third-order valence-corrected chi connectivity index (χ3v) is 1.68. The van der Waals surface area contributed by atoms with Gasteiger partial charge >= 0.3 is 17.9 Å². The van der Waals surface area contributed by atoms with E-state index >= 15 is 0 Å². The average Bonchev–Trinajstić information content (AvgIpc) is 2.31. The summed E-state index contributed by atoms with van der Waals surface area (Å²) in [5.74, 6) is -3.34. The van der Waals surface area contributed by atoms with Crippen LogP contribution in [0.2, 0.25) is 0 Å². The number of rotatable bonds is 6. The third-order valence-electron chi connectivity index (χ3n) is 1.68. The van der Waals surface area contributed by atoms with Crippen molar-refractivity contribution in [3.63, 3.8) is 0 Å². The molecule has 17 heavy (non-hydrogen) atoms. The number of carbonyl (C=O) groups excluding carboxylic acids is 2. The Balaban J connectivity index is 3.93. The van der Waals surface area contributed by atoms with Gasteiger partial charge in [-0.1, -0.05) is 0 Å². The van der Waals surface area contributed by atoms with Crippen LogP contribution in [0.25, 0.3) is 0 Å². The van der Waals surface area contributed by atoms with Gasteiger partial charge in [-0.3, -0.25) is 4.79 Å². The summed E-state index contributed by atoms with van der Waals surface area (Å²) >= 11 is 0. The molecule has 98 valence electrons. The topological polar surface area (TPSA) is 162 Å². The van der Waals surface area contributed by atoms with Gasteiger partial charge in [0.15, 0.2) is 0 Å². The van der Waals surface area contributed by atoms with Gasteiger partial charge in [0.1, 0.15) is 12.1 Å². The summed E-state index contributed by atoms with van der Waals surface area (Å²) in [6, 6.07) is -2.54. The second-order valence-corrected chi connectivity index (χ2v) is 3.13. The molecule has 0 amide bonds. The van der Waals surface area contributed by atoms with Crippen LogP contribution in [-0.4, -0.2) is 46.8 Å². The Bertz CT molecular complexity index is 294. The fourth-order valence-corrected chi connectivity index (χ4v) is 0.677. The summed E-state index contributed by atoms with van der Waals surface area (Å²) < 4.78 is 0. The molecule has 0 radical (unpaired) electrons. The molecule has 1 unspecified atom stereocenters. The molecule has 0 aromatic rings. The van der Waals surface area contributed by atoms with Crippen LogP contribution in [0.5, 0.6) is 0 Å². The molecule has 0 aliphatic carbocycles. The van der Waals surface area contributed by atoms with Crippen molar-refractivity contribution in [2.24, 2.45) is 11.5 Å². The van der Waals surface area contributed by atoms with E-state index < -0.39 is 36.6 Å². The van der Waals surface area contributed by atoms with E-state index in [2.05, 4.69) is 9.78 Å². The Labute approximate surface area is 96.2 Å². The Morgan fingerprint density at radius 3 is 1.94 bits per heavy atom. The molecule has 0 aromatic carbocycles. The molecule has 9 heteroatoms. The van der Waals surface area contributed by atoms with Gasteiger partial charge in [0.25, 0.3) is 0 Å². The van der Waals surface area contributed by atoms with E-state index in [9.17, 15) is 14.4 Å². The Hall–Kier alpha value is -1.71. The first-order valence-corrected chi connectivity index (χ1v) is 4.64. The fraction of sp³-hybridized carbons (Fsp3) is 0.625. The Kier molecular flexibility index (Phi) is 6.79. The van der Waals surface area contributed by atoms with Crippen molar-refractivity contribution in [2.75, 3.05) is 6.61 Å². The van der Waals surface area contributed by atoms with Crippen molar-refractivity contribution < 1.29 is 34.4 Å². The minimum absolute atomic E-state index is 0.155. The smallest absolute Gasteiger partial charge is 0.374 e. The summed E-state index contributed by atoms with van der Waals surface area (Å²) in [5, 5.41) is 16.8. The van der Waals surface area contributed by atoms with Gasteiger partial charge in [0.05, 0.1) is 6.61 Å². The van der Waals surface area contributed by atoms with Gasteiger partial charge in [-0.25, -0.2) is 19.4 Å². The van der Waals surface area contributed by atoms with Crippen LogP contribution < -0.4 is 11.5 Å². The molecule has 0 fully saturated rings. The highest BCUT2D eigenvalue weighted by molar-refractivity contribution is 5.79. The Morgan fingerprint density at radius 1 is 1.06 bits per heavy atom. The standard InChI is InChI=1S/C8H14N2O7/c9-4(1-2-6(12)13)7(14)16-17-8(15)5(10)3-11/h4-5,11H,1-3,9-10H2,(H,12,13)/t4-,5?/m1/s1. The first-order valence-electron chi connectivity index (χ1n) is 4.64. The van der Waals surface area contributed by atoms with Crippen LogP contribution in [0.15, 0.2) is 0 Å². The van der Waals surface area contributed by atoms with E-state index in [-0.39, 0.29) is 12.8 Å². The first-order chi connectivity index (χ1) is 7.88. The summed E-state index contributed by atoms with van der Waals surface area (Å²) in [7, 11) is 0. The van der Waals surface area contributed by atoms with Crippen molar-refractivity contribution in [1.29, 1.82) is 0 Å². The number of aliphatic hydroxyl groups is 1. The highest BCUT2D eigenvalue weighted by Crippen LogP contribution is 1.98. The van der Waals surface area contributed by atoms with Crippen LogP contribution in [-0.2, 0) is 24.2 Å². The number of carboxylic acids is 1. The predicted octanol–water partition coefficient (Wildman–Crippen LogP) is -2.50. The number of carbonyl (C=O) groups is 3. The molecule has 0 rings (SSSR count). The zero-order valence-electron chi connectivity index (χ0n) is 8.87. The highest BCUT2D eigenvalue weighted by atomic mass is 17.2. The summed E-state index contributed by atoms with van der Waals surface area (Å²) in [6.45, 7) is -0.665. The molecule has 0 aromatic heterocycles. The number of carboxylic acid groups (broad SMARTS) is 1. The highest BCUT2D eigenvalue weighted by Gasteiger charge is 2.21. The van der Waals surface area contributed by atoms with Crippen molar-refractivity contribution in [1.82, 2.24) is 0 Å². The normalized spacial score (nSPS) is 13.6. The minimum atomic E-state index is -1.32. The lowest BCUT2D eigenvalue weighted by molar-refractivity contribution is -0.261. The second-order valence-electron chi connectivity index (χ2n) is 3.13. The van der Waals surface area contributed by atoms with Crippen LogP contribution in [0.4, 0.5) is 0 Å². The van der Waals surface area contributed by atoms with Crippen LogP contribution in [0, 0.1) is 0 Å². The van der Waals surface area contributed by atoms with Gasteiger partial charge < -0.3 is 21.7 Å². The minimum Gasteiger partial charge on any atom is -0.481 e. The van der Waals surface area contributed by atoms with Gasteiger partial charge in [-0.2, -0.15) is 0 Å². The molecule has 2 atom stereocenters. The second kappa shape index (κ2) is 7.54. The lowest BCUT2D eigenvalue weighted by Crippen LogP contribution is -2.38. The first kappa shape index (κ1) is 15.3. The molecule has 0 bridgehead atoms. The van der Waals surface area contributed by atoms with E-state index in [4.69, 9.17) is 21.7 Å². The fourth-order valence-electron chi connectivity index (χ4n) is 0.677.